The van der Waals surface area contributed by atoms with Crippen LogP contribution < -0.4 is 15.6 Å². The second-order valence-corrected chi connectivity index (χ2v) is 7.42. The maximum Gasteiger partial charge on any atom is 0.255 e. The monoisotopic (exact) mass is 425 g/mol. The molecule has 0 aliphatic carbocycles. The number of nitrogens with one attached hydrogen (secondary N) is 3. The van der Waals surface area contributed by atoms with E-state index in [2.05, 4.69) is 25.7 Å². The third-order valence-corrected chi connectivity index (χ3v) is 5.11. The van der Waals surface area contributed by atoms with E-state index < -0.39 is 6.04 Å². The van der Waals surface area contributed by atoms with Crippen molar-refractivity contribution in [3.63, 3.8) is 0 Å². The van der Waals surface area contributed by atoms with E-state index in [9.17, 15) is 4.79 Å². The van der Waals surface area contributed by atoms with Gasteiger partial charge in [-0.05, 0) is 43.2 Å². The lowest BCUT2D eigenvalue weighted by molar-refractivity contribution is -0.378. The Morgan fingerprint density at radius 3 is 2.70 bits per heavy atom. The van der Waals surface area contributed by atoms with Gasteiger partial charge in [-0.15, -0.1) is 0 Å². The molecule has 0 saturated carbocycles. The number of H-pyrrole nitrogens is 1. The van der Waals surface area contributed by atoms with Crippen molar-refractivity contribution in [3.05, 3.63) is 76.5 Å². The van der Waals surface area contributed by atoms with Crippen LogP contribution in [0, 0.1) is 0 Å². The topological polar surface area (TPSA) is 106 Å². The lowest BCUT2D eigenvalue weighted by Crippen LogP contribution is -2.31. The van der Waals surface area contributed by atoms with Crippen LogP contribution in [0.4, 0.5) is 11.6 Å². The van der Waals surface area contributed by atoms with Crippen LogP contribution in [-0.4, -0.2) is 32.4 Å². The first-order chi connectivity index (χ1) is 14.6. The Balaban J connectivity index is 1.73. The first-order valence-corrected chi connectivity index (χ1v) is 10.0. The van der Waals surface area contributed by atoms with Crippen LogP contribution in [-0.2, 0) is 11.2 Å². The number of aromatic nitrogens is 4. The molecule has 30 heavy (non-hydrogen) atoms. The summed E-state index contributed by atoms with van der Waals surface area (Å²) in [6.07, 6.45) is 4.75. The first-order valence-electron chi connectivity index (χ1n) is 9.64. The highest BCUT2D eigenvalue weighted by atomic mass is 35.5. The molecule has 0 fully saturated rings. The van der Waals surface area contributed by atoms with Crippen LogP contribution in [0.1, 0.15) is 30.8 Å². The van der Waals surface area contributed by atoms with Gasteiger partial charge in [-0.3, -0.25) is 4.79 Å². The van der Waals surface area contributed by atoms with Crippen molar-refractivity contribution in [2.24, 2.45) is 0 Å². The number of carbonyl (C=O) groups excluding carboxylic acids is 1. The van der Waals surface area contributed by atoms with Gasteiger partial charge in [-0.2, -0.15) is 10.1 Å². The molecule has 0 bridgehead atoms. The number of fused-ring (bicyclic) bond motifs is 1. The molecule has 9 heteroatoms. The number of nitrogens with zero attached hydrogens (tertiary/aromatic N) is 3. The maximum atomic E-state index is 13.3. The number of anilines is 2. The Hall–Kier alpha value is -3.23. The molecule has 0 spiro atoms. The van der Waals surface area contributed by atoms with E-state index in [1.807, 2.05) is 31.5 Å². The van der Waals surface area contributed by atoms with Gasteiger partial charge in [-0.1, -0.05) is 11.6 Å². The molecule has 1 amide bonds. The molecule has 0 radical (unpaired) electrons. The second-order valence-electron chi connectivity index (χ2n) is 6.98. The van der Waals surface area contributed by atoms with Gasteiger partial charge in [0, 0.05) is 41.6 Å². The summed E-state index contributed by atoms with van der Waals surface area (Å²) in [6, 6.07) is 10.4. The molecule has 154 valence electrons. The third kappa shape index (κ3) is 4.05. The van der Waals surface area contributed by atoms with Crippen LogP contribution in [0.25, 0.3) is 0 Å². The van der Waals surface area contributed by atoms with E-state index >= 15 is 0 Å². The van der Waals surface area contributed by atoms with Crippen molar-refractivity contribution in [1.29, 1.82) is 0 Å². The molecule has 1 aliphatic rings. The van der Waals surface area contributed by atoms with Gasteiger partial charge in [0.25, 0.3) is 5.91 Å². The van der Waals surface area contributed by atoms with Crippen LogP contribution >= 0.6 is 11.6 Å². The van der Waals surface area contributed by atoms with E-state index in [1.54, 1.807) is 28.9 Å². The summed E-state index contributed by atoms with van der Waals surface area (Å²) in [5.74, 6) is 0.950. The molecule has 1 aromatic carbocycles. The number of hydrogen-bond acceptors (Lipinski definition) is 5. The highest BCUT2D eigenvalue weighted by Crippen LogP contribution is 2.35. The average Bonchev–Trinajstić information content (AvgIpc) is 3.15. The summed E-state index contributed by atoms with van der Waals surface area (Å²) in [5.41, 5.74) is 2.80. The van der Waals surface area contributed by atoms with Gasteiger partial charge in [0.15, 0.2) is 18.2 Å². The molecule has 1 aliphatic heterocycles. The summed E-state index contributed by atoms with van der Waals surface area (Å²) >= 11 is 5.95. The SMILES string of the molecule is CC1=C(C(=O)Nc2ccc(Cl)cc2)C(c2cc[nH+]cc2)n2nc(CCCO)nc2N1. The van der Waals surface area contributed by atoms with Crippen LogP contribution in [0.15, 0.2) is 60.1 Å². The van der Waals surface area contributed by atoms with Crippen LogP contribution in [0.2, 0.25) is 5.02 Å². The summed E-state index contributed by atoms with van der Waals surface area (Å²) in [4.78, 5) is 20.8. The predicted octanol–water partition coefficient (Wildman–Crippen LogP) is 2.60. The van der Waals surface area contributed by atoms with Crippen molar-refractivity contribution in [2.45, 2.75) is 25.8 Å². The third-order valence-electron chi connectivity index (χ3n) is 4.86. The van der Waals surface area contributed by atoms with Gasteiger partial charge >= 0.3 is 0 Å². The minimum Gasteiger partial charge on any atom is -0.396 e. The molecule has 4 rings (SSSR count). The van der Waals surface area contributed by atoms with Gasteiger partial charge in [0.2, 0.25) is 5.95 Å². The number of aliphatic hydroxyl groups is 1. The fourth-order valence-electron chi connectivity index (χ4n) is 3.45. The Morgan fingerprint density at radius 2 is 2.00 bits per heavy atom. The number of aryl methyl sites for hydroxylation is 1. The van der Waals surface area contributed by atoms with Gasteiger partial charge < -0.3 is 15.7 Å². The fraction of sp³-hybridized carbons (Fsp3) is 0.238. The molecule has 3 heterocycles. The van der Waals surface area contributed by atoms with Crippen LogP contribution in [0.5, 0.6) is 0 Å². The summed E-state index contributed by atoms with van der Waals surface area (Å²) in [7, 11) is 0. The van der Waals surface area contributed by atoms with Gasteiger partial charge in [-0.25, -0.2) is 9.67 Å². The standard InChI is InChI=1S/C21H21ClN6O2/c1-13-18(20(30)25-16-6-4-15(22)5-7-16)19(14-8-10-23-11-9-14)28-21(24-13)26-17(27-28)3-2-12-29/h4-11,19,29H,2-3,12H2,1H3,(H,25,30)(H,24,26,27)/p+1. The molecule has 3 aromatic rings. The smallest absolute Gasteiger partial charge is 0.255 e. The first kappa shape index (κ1) is 20.1. The molecule has 1 unspecified atom stereocenters. The summed E-state index contributed by atoms with van der Waals surface area (Å²) in [5, 5.41) is 20.5. The average molecular weight is 426 g/mol. The minimum absolute atomic E-state index is 0.0707. The van der Waals surface area contributed by atoms with Crippen LogP contribution in [0.3, 0.4) is 0 Å². The number of halogens is 1. The number of pyridine rings is 1. The predicted molar refractivity (Wildman–Crippen MR) is 113 cm³/mol. The molecule has 0 saturated heterocycles. The number of aliphatic hydroxyl groups excluding tert-OH is 1. The highest BCUT2D eigenvalue weighted by Gasteiger charge is 2.34. The van der Waals surface area contributed by atoms with E-state index in [0.717, 1.165) is 5.56 Å². The summed E-state index contributed by atoms with van der Waals surface area (Å²) in [6.45, 7) is 1.92. The Bertz CT molecular complexity index is 1080. The van der Waals surface area contributed by atoms with Crippen molar-refractivity contribution in [2.75, 3.05) is 17.2 Å². The number of rotatable bonds is 6. The number of benzene rings is 1. The zero-order valence-electron chi connectivity index (χ0n) is 16.4. The van der Waals surface area contributed by atoms with E-state index in [1.165, 1.54) is 0 Å². The molecule has 8 nitrogen and oxygen atoms in total. The summed E-state index contributed by atoms with van der Waals surface area (Å²) < 4.78 is 1.73. The lowest BCUT2D eigenvalue weighted by atomic mass is 9.96. The Kier molecular flexibility index (Phi) is 5.78. The molecular weight excluding hydrogens is 404 g/mol. The molecule has 1 atom stereocenters. The number of hydrogen-bond donors (Lipinski definition) is 3. The number of allylic oxidation sites excluding steroid dienone is 1. The van der Waals surface area contributed by atoms with Crippen molar-refractivity contribution in [1.82, 2.24) is 14.8 Å². The zero-order chi connectivity index (χ0) is 21.1. The zero-order valence-corrected chi connectivity index (χ0v) is 17.1. The minimum atomic E-state index is -0.446. The number of aromatic amines is 1. The van der Waals surface area contributed by atoms with Gasteiger partial charge in [0.1, 0.15) is 6.04 Å². The van der Waals surface area contributed by atoms with E-state index in [-0.39, 0.29) is 12.5 Å². The van der Waals surface area contributed by atoms with E-state index in [0.29, 0.717) is 46.6 Å². The highest BCUT2D eigenvalue weighted by molar-refractivity contribution is 6.30. The lowest BCUT2D eigenvalue weighted by Gasteiger charge is -2.28. The quantitative estimate of drug-likeness (QED) is 0.562. The number of carbonyl (C=O) groups is 1. The van der Waals surface area contributed by atoms with Crippen molar-refractivity contribution in [3.8, 4) is 0 Å². The Labute approximate surface area is 178 Å². The Morgan fingerprint density at radius 1 is 1.27 bits per heavy atom. The normalized spacial score (nSPS) is 15.5. The van der Waals surface area contributed by atoms with Crippen molar-refractivity contribution < 1.29 is 14.9 Å². The number of amides is 1. The molecular formula is C21H22ClN6O2+. The largest absolute Gasteiger partial charge is 0.396 e. The maximum absolute atomic E-state index is 13.3. The molecule has 2 aromatic heterocycles. The fourth-order valence-corrected chi connectivity index (χ4v) is 3.58. The second kappa shape index (κ2) is 8.64. The van der Waals surface area contributed by atoms with E-state index in [4.69, 9.17) is 16.7 Å². The van der Waals surface area contributed by atoms with Gasteiger partial charge in [0.05, 0.1) is 5.57 Å². The van der Waals surface area contributed by atoms with Crippen molar-refractivity contribution >= 4 is 29.1 Å². The molecule has 4 N–H and O–H groups in total.